The van der Waals surface area contributed by atoms with Crippen molar-refractivity contribution in [2.45, 2.75) is 96.8 Å². The highest BCUT2D eigenvalue weighted by Crippen LogP contribution is 2.12. The summed E-state index contributed by atoms with van der Waals surface area (Å²) in [6, 6.07) is 0. The van der Waals surface area contributed by atoms with E-state index in [-0.39, 0.29) is 5.97 Å². The van der Waals surface area contributed by atoms with Gasteiger partial charge >= 0.3 is 5.97 Å². The number of rotatable bonds is 16. The third-order valence-corrected chi connectivity index (χ3v) is 3.77. The lowest BCUT2D eigenvalue weighted by atomic mass is 10.0. The first-order valence-electron chi connectivity index (χ1n) is 8.84. The van der Waals surface area contributed by atoms with Gasteiger partial charge in [-0.05, 0) is 12.8 Å². The summed E-state index contributed by atoms with van der Waals surface area (Å²) in [5, 5.41) is 0. The topological polar surface area (TPSA) is 43.4 Å². The molecular weight excluding hydrogens is 264 g/mol. The van der Waals surface area contributed by atoms with E-state index < -0.39 is 0 Å². The highest BCUT2D eigenvalue weighted by molar-refractivity contribution is 5.65. The lowest BCUT2D eigenvalue weighted by Crippen LogP contribution is -2.00. The highest BCUT2D eigenvalue weighted by atomic mass is 16.5. The second kappa shape index (κ2) is 17.2. The van der Waals surface area contributed by atoms with E-state index in [9.17, 15) is 9.59 Å². The minimum atomic E-state index is -0.168. The van der Waals surface area contributed by atoms with Crippen LogP contribution in [-0.4, -0.2) is 18.9 Å². The first kappa shape index (κ1) is 20.1. The molecular formula is C18H34O3. The van der Waals surface area contributed by atoms with Gasteiger partial charge in [-0.15, -0.1) is 0 Å². The Labute approximate surface area is 130 Å². The molecule has 124 valence electrons. The first-order valence-corrected chi connectivity index (χ1v) is 8.84. The van der Waals surface area contributed by atoms with Crippen LogP contribution in [0.2, 0.25) is 0 Å². The molecule has 0 fully saturated rings. The van der Waals surface area contributed by atoms with E-state index in [4.69, 9.17) is 4.74 Å². The van der Waals surface area contributed by atoms with E-state index in [0.717, 1.165) is 25.5 Å². The molecule has 0 rings (SSSR count). The molecule has 0 aliphatic heterocycles. The van der Waals surface area contributed by atoms with Crippen LogP contribution in [0.4, 0.5) is 0 Å². The summed E-state index contributed by atoms with van der Waals surface area (Å²) in [6.45, 7) is 2.05. The number of ether oxygens (including phenoxy) is 1. The summed E-state index contributed by atoms with van der Waals surface area (Å²) >= 11 is 0. The zero-order chi connectivity index (χ0) is 15.6. The number of carbonyl (C=O) groups is 2. The van der Waals surface area contributed by atoms with E-state index in [1.165, 1.54) is 77.6 Å². The number of carbonyl (C=O) groups excluding carboxylic acids is 2. The molecule has 0 unspecified atom stereocenters. The number of aldehydes is 1. The Balaban J connectivity index is 2.96. The summed E-state index contributed by atoms with van der Waals surface area (Å²) in [5.74, 6) is -0.168. The fraction of sp³-hybridized carbons (Fsp3) is 0.889. The van der Waals surface area contributed by atoms with Gasteiger partial charge in [0.05, 0.1) is 6.61 Å². The fourth-order valence-corrected chi connectivity index (χ4v) is 2.49. The molecule has 0 bridgehead atoms. The molecule has 0 atom stereocenters. The molecule has 0 radical (unpaired) electrons. The van der Waals surface area contributed by atoms with Crippen molar-refractivity contribution in [2.75, 3.05) is 6.61 Å². The van der Waals surface area contributed by atoms with E-state index in [0.29, 0.717) is 6.61 Å². The average Bonchev–Trinajstić information content (AvgIpc) is 2.46. The predicted molar refractivity (Wildman–Crippen MR) is 87.3 cm³/mol. The van der Waals surface area contributed by atoms with Gasteiger partial charge in [-0.25, -0.2) is 0 Å². The van der Waals surface area contributed by atoms with Crippen LogP contribution in [0.5, 0.6) is 0 Å². The standard InChI is InChI=1S/C18H34O3/c1-18(20)21-17-15-13-11-9-7-5-3-2-4-6-8-10-12-14-16-19/h16H,2-15,17H2,1H3. The molecule has 3 nitrogen and oxygen atoms in total. The van der Waals surface area contributed by atoms with E-state index >= 15 is 0 Å². The van der Waals surface area contributed by atoms with Gasteiger partial charge in [0.1, 0.15) is 6.29 Å². The van der Waals surface area contributed by atoms with Crippen molar-refractivity contribution in [1.29, 1.82) is 0 Å². The molecule has 0 spiro atoms. The van der Waals surface area contributed by atoms with Crippen LogP contribution in [-0.2, 0) is 14.3 Å². The Bertz CT molecular complexity index is 239. The van der Waals surface area contributed by atoms with Gasteiger partial charge in [-0.1, -0.05) is 70.6 Å². The highest BCUT2D eigenvalue weighted by Gasteiger charge is 1.95. The third kappa shape index (κ3) is 19.1. The van der Waals surface area contributed by atoms with Crippen LogP contribution in [0, 0.1) is 0 Å². The van der Waals surface area contributed by atoms with Gasteiger partial charge in [-0.2, -0.15) is 0 Å². The third-order valence-electron chi connectivity index (χ3n) is 3.77. The molecule has 0 aromatic heterocycles. The van der Waals surface area contributed by atoms with Crippen LogP contribution < -0.4 is 0 Å². The van der Waals surface area contributed by atoms with Crippen LogP contribution in [0.3, 0.4) is 0 Å². The van der Waals surface area contributed by atoms with Crippen LogP contribution in [0.25, 0.3) is 0 Å². The largest absolute Gasteiger partial charge is 0.466 e. The van der Waals surface area contributed by atoms with Crippen LogP contribution in [0.15, 0.2) is 0 Å². The van der Waals surface area contributed by atoms with Crippen molar-refractivity contribution in [1.82, 2.24) is 0 Å². The minimum Gasteiger partial charge on any atom is -0.466 e. The lowest BCUT2D eigenvalue weighted by molar-refractivity contribution is -0.141. The maximum Gasteiger partial charge on any atom is 0.302 e. The van der Waals surface area contributed by atoms with Gasteiger partial charge in [0.25, 0.3) is 0 Å². The molecule has 0 aromatic rings. The van der Waals surface area contributed by atoms with Crippen molar-refractivity contribution in [3.8, 4) is 0 Å². The van der Waals surface area contributed by atoms with E-state index in [1.807, 2.05) is 0 Å². The number of hydrogen-bond donors (Lipinski definition) is 0. The molecule has 21 heavy (non-hydrogen) atoms. The second-order valence-electron chi connectivity index (χ2n) is 5.89. The van der Waals surface area contributed by atoms with Crippen LogP contribution >= 0.6 is 0 Å². The second-order valence-corrected chi connectivity index (χ2v) is 5.89. The van der Waals surface area contributed by atoms with Crippen molar-refractivity contribution in [3.63, 3.8) is 0 Å². The van der Waals surface area contributed by atoms with Gasteiger partial charge in [0.2, 0.25) is 0 Å². The molecule has 0 N–H and O–H groups in total. The van der Waals surface area contributed by atoms with Crippen molar-refractivity contribution >= 4 is 12.3 Å². The zero-order valence-electron chi connectivity index (χ0n) is 13.9. The van der Waals surface area contributed by atoms with Gasteiger partial charge in [0.15, 0.2) is 0 Å². The molecule has 3 heteroatoms. The Morgan fingerprint density at radius 2 is 1.10 bits per heavy atom. The van der Waals surface area contributed by atoms with Crippen molar-refractivity contribution in [3.05, 3.63) is 0 Å². The average molecular weight is 298 g/mol. The molecule has 0 amide bonds. The number of hydrogen-bond acceptors (Lipinski definition) is 3. The normalized spacial score (nSPS) is 10.5. The zero-order valence-corrected chi connectivity index (χ0v) is 13.9. The predicted octanol–water partition coefficient (Wildman–Crippen LogP) is 5.21. The molecule has 0 aliphatic rings. The molecule has 0 aliphatic carbocycles. The maximum atomic E-state index is 10.6. The SMILES string of the molecule is CC(=O)OCCCCCCCCCCCCCCCC=O. The number of unbranched alkanes of at least 4 members (excludes halogenated alkanes) is 13. The Kier molecular flexibility index (Phi) is 16.5. The summed E-state index contributed by atoms with van der Waals surface area (Å²) in [7, 11) is 0. The summed E-state index contributed by atoms with van der Waals surface area (Å²) in [5.41, 5.74) is 0. The lowest BCUT2D eigenvalue weighted by Gasteiger charge is -2.03. The summed E-state index contributed by atoms with van der Waals surface area (Å²) < 4.78 is 4.90. The molecule has 0 heterocycles. The number of esters is 1. The summed E-state index contributed by atoms with van der Waals surface area (Å²) in [6.07, 6.45) is 18.2. The maximum absolute atomic E-state index is 10.6. The fourth-order valence-electron chi connectivity index (χ4n) is 2.49. The monoisotopic (exact) mass is 298 g/mol. The summed E-state index contributed by atoms with van der Waals surface area (Å²) in [4.78, 5) is 20.7. The van der Waals surface area contributed by atoms with Gasteiger partial charge in [-0.3, -0.25) is 4.79 Å². The Hall–Kier alpha value is -0.860. The van der Waals surface area contributed by atoms with Gasteiger partial charge < -0.3 is 9.53 Å². The van der Waals surface area contributed by atoms with Crippen molar-refractivity contribution < 1.29 is 14.3 Å². The Morgan fingerprint density at radius 3 is 1.48 bits per heavy atom. The molecule has 0 saturated carbocycles. The van der Waals surface area contributed by atoms with Crippen LogP contribution in [0.1, 0.15) is 96.8 Å². The minimum absolute atomic E-state index is 0.168. The molecule has 0 saturated heterocycles. The Morgan fingerprint density at radius 1 is 0.714 bits per heavy atom. The molecule has 0 aromatic carbocycles. The quantitative estimate of drug-likeness (QED) is 0.223. The smallest absolute Gasteiger partial charge is 0.302 e. The van der Waals surface area contributed by atoms with Crippen molar-refractivity contribution in [2.24, 2.45) is 0 Å². The van der Waals surface area contributed by atoms with E-state index in [2.05, 4.69) is 0 Å². The first-order chi connectivity index (χ1) is 10.3. The van der Waals surface area contributed by atoms with Gasteiger partial charge in [0, 0.05) is 13.3 Å². The van der Waals surface area contributed by atoms with E-state index in [1.54, 1.807) is 0 Å².